The molecule has 0 spiro atoms. The van der Waals surface area contributed by atoms with Crippen LogP contribution in [0.4, 0.5) is 13.2 Å². The van der Waals surface area contributed by atoms with E-state index in [1.54, 1.807) is 0 Å². The van der Waals surface area contributed by atoms with Gasteiger partial charge in [-0.25, -0.2) is 0 Å². The van der Waals surface area contributed by atoms with Crippen molar-refractivity contribution in [1.29, 1.82) is 0 Å². The van der Waals surface area contributed by atoms with E-state index in [-0.39, 0.29) is 16.7 Å². The normalized spacial score (nSPS) is 12.3. The molecular formula is C10H8F3O5S-. The molecule has 0 radical (unpaired) electrons. The van der Waals surface area contributed by atoms with E-state index in [9.17, 15) is 31.5 Å². The fourth-order valence-electron chi connectivity index (χ4n) is 1.36. The number of alkyl halides is 3. The van der Waals surface area contributed by atoms with Crippen molar-refractivity contribution in [3.8, 4) is 5.75 Å². The molecule has 9 heteroatoms. The van der Waals surface area contributed by atoms with E-state index >= 15 is 0 Å². The Bertz CT molecular complexity index is 596. The lowest BCUT2D eigenvalue weighted by Gasteiger charge is -2.15. The molecule has 0 fully saturated rings. The van der Waals surface area contributed by atoms with Gasteiger partial charge >= 0.3 is 15.6 Å². The summed E-state index contributed by atoms with van der Waals surface area (Å²) in [7, 11) is -5.79. The Kier molecular flexibility index (Phi) is 3.80. The molecule has 0 bridgehead atoms. The number of carboxylic acids is 1. The molecule has 0 heterocycles. The first kappa shape index (κ1) is 15.3. The van der Waals surface area contributed by atoms with Gasteiger partial charge in [-0.1, -0.05) is 0 Å². The number of aromatic carboxylic acids is 1. The summed E-state index contributed by atoms with van der Waals surface area (Å²) in [5, 5.41) is 10.6. The third kappa shape index (κ3) is 3.16. The molecule has 19 heavy (non-hydrogen) atoms. The molecule has 1 aromatic carbocycles. The van der Waals surface area contributed by atoms with E-state index in [0.717, 1.165) is 12.1 Å². The molecule has 0 saturated carbocycles. The number of aryl methyl sites for hydroxylation is 2. The molecule has 1 rings (SSSR count). The van der Waals surface area contributed by atoms with Gasteiger partial charge in [0.25, 0.3) is 0 Å². The predicted molar refractivity (Wildman–Crippen MR) is 55.8 cm³/mol. The van der Waals surface area contributed by atoms with Crippen molar-refractivity contribution in [1.82, 2.24) is 0 Å². The Labute approximate surface area is 106 Å². The van der Waals surface area contributed by atoms with Crippen LogP contribution in [0.2, 0.25) is 0 Å². The molecule has 0 atom stereocenters. The van der Waals surface area contributed by atoms with E-state index in [2.05, 4.69) is 4.18 Å². The molecule has 0 aliphatic rings. The molecule has 0 amide bonds. The van der Waals surface area contributed by atoms with Crippen LogP contribution in [-0.2, 0) is 10.1 Å². The molecule has 0 aliphatic heterocycles. The fraction of sp³-hybridized carbons (Fsp3) is 0.300. The fourth-order valence-corrected chi connectivity index (χ4v) is 1.93. The Hall–Kier alpha value is -1.77. The second-order valence-corrected chi connectivity index (χ2v) is 5.25. The monoisotopic (exact) mass is 297 g/mol. The van der Waals surface area contributed by atoms with Crippen molar-refractivity contribution in [3.05, 3.63) is 28.8 Å². The van der Waals surface area contributed by atoms with E-state index in [0.29, 0.717) is 0 Å². The minimum atomic E-state index is -5.79. The highest BCUT2D eigenvalue weighted by molar-refractivity contribution is 7.88. The summed E-state index contributed by atoms with van der Waals surface area (Å²) in [6.45, 7) is 2.45. The predicted octanol–water partition coefficient (Wildman–Crippen LogP) is 0.895. The van der Waals surface area contributed by atoms with Gasteiger partial charge < -0.3 is 14.1 Å². The largest absolute Gasteiger partial charge is 0.545 e. The lowest BCUT2D eigenvalue weighted by molar-refractivity contribution is -0.255. The van der Waals surface area contributed by atoms with Crippen LogP contribution in [0, 0.1) is 13.8 Å². The van der Waals surface area contributed by atoms with E-state index in [1.165, 1.54) is 13.8 Å². The van der Waals surface area contributed by atoms with Gasteiger partial charge in [0, 0.05) is 0 Å². The maximum Gasteiger partial charge on any atom is 0.534 e. The van der Waals surface area contributed by atoms with Gasteiger partial charge in [0.1, 0.15) is 5.75 Å². The number of halogens is 3. The second kappa shape index (κ2) is 4.72. The molecule has 0 aromatic heterocycles. The van der Waals surface area contributed by atoms with Crippen LogP contribution in [0.5, 0.6) is 5.75 Å². The number of hydrogen-bond donors (Lipinski definition) is 0. The highest BCUT2D eigenvalue weighted by Gasteiger charge is 2.48. The SMILES string of the molecule is Cc1cc(C(=O)[O-])cc(C)c1OS(=O)(=O)C(F)(F)F. The molecule has 5 nitrogen and oxygen atoms in total. The van der Waals surface area contributed by atoms with Gasteiger partial charge in [-0.05, 0) is 42.7 Å². The van der Waals surface area contributed by atoms with Crippen LogP contribution in [0.25, 0.3) is 0 Å². The first-order chi connectivity index (χ1) is 8.45. The molecule has 0 saturated heterocycles. The summed E-state index contributed by atoms with van der Waals surface area (Å²) in [5.74, 6) is -2.08. The zero-order valence-electron chi connectivity index (χ0n) is 9.74. The Morgan fingerprint density at radius 1 is 1.21 bits per heavy atom. The molecule has 0 aliphatic carbocycles. The van der Waals surface area contributed by atoms with Crippen LogP contribution in [-0.4, -0.2) is 19.9 Å². The molecular weight excluding hydrogens is 289 g/mol. The molecule has 0 N–H and O–H groups in total. The van der Waals surface area contributed by atoms with Crippen LogP contribution in [0.15, 0.2) is 12.1 Å². The molecule has 1 aromatic rings. The topological polar surface area (TPSA) is 83.5 Å². The molecule has 0 unspecified atom stereocenters. The molecule has 106 valence electrons. The quantitative estimate of drug-likeness (QED) is 0.611. The highest BCUT2D eigenvalue weighted by Crippen LogP contribution is 2.31. The lowest BCUT2D eigenvalue weighted by Crippen LogP contribution is -2.28. The van der Waals surface area contributed by atoms with E-state index in [4.69, 9.17) is 0 Å². The van der Waals surface area contributed by atoms with E-state index < -0.39 is 27.3 Å². The van der Waals surface area contributed by atoms with Crippen molar-refractivity contribution in [2.24, 2.45) is 0 Å². The second-order valence-electron chi connectivity index (χ2n) is 3.71. The third-order valence-corrected chi connectivity index (χ3v) is 3.13. The van der Waals surface area contributed by atoms with Crippen LogP contribution in [0.1, 0.15) is 21.5 Å². The van der Waals surface area contributed by atoms with Gasteiger partial charge in [0.2, 0.25) is 0 Å². The number of rotatable bonds is 3. The highest BCUT2D eigenvalue weighted by atomic mass is 32.2. The van der Waals surface area contributed by atoms with Crippen molar-refractivity contribution < 1.29 is 35.7 Å². The Balaban J connectivity index is 3.29. The average molecular weight is 297 g/mol. The van der Waals surface area contributed by atoms with Gasteiger partial charge in [0.15, 0.2) is 0 Å². The van der Waals surface area contributed by atoms with Gasteiger partial charge in [0.05, 0.1) is 5.97 Å². The van der Waals surface area contributed by atoms with Crippen LogP contribution in [0.3, 0.4) is 0 Å². The van der Waals surface area contributed by atoms with Crippen molar-refractivity contribution in [2.45, 2.75) is 19.4 Å². The number of carboxylic acid groups (broad SMARTS) is 1. The zero-order valence-corrected chi connectivity index (χ0v) is 10.6. The zero-order chi connectivity index (χ0) is 15.0. The van der Waals surface area contributed by atoms with Crippen molar-refractivity contribution in [2.75, 3.05) is 0 Å². The first-order valence-electron chi connectivity index (χ1n) is 4.79. The summed E-state index contributed by atoms with van der Waals surface area (Å²) < 4.78 is 62.3. The van der Waals surface area contributed by atoms with Gasteiger partial charge in [-0.3, -0.25) is 0 Å². The van der Waals surface area contributed by atoms with E-state index in [1.807, 2.05) is 0 Å². The Morgan fingerprint density at radius 3 is 1.95 bits per heavy atom. The smallest absolute Gasteiger partial charge is 0.534 e. The first-order valence-corrected chi connectivity index (χ1v) is 6.20. The summed E-state index contributed by atoms with van der Waals surface area (Å²) in [4.78, 5) is 10.6. The summed E-state index contributed by atoms with van der Waals surface area (Å²) >= 11 is 0. The third-order valence-electron chi connectivity index (χ3n) is 2.17. The number of carbonyl (C=O) groups is 1. The summed E-state index contributed by atoms with van der Waals surface area (Å²) in [6, 6.07) is 1.92. The standard InChI is InChI=1S/C10H9F3O5S/c1-5-3-7(9(14)15)4-6(2)8(5)18-19(16,17)10(11,12)13/h3-4H,1-2H3,(H,14,15)/p-1. The number of benzene rings is 1. The number of hydrogen-bond acceptors (Lipinski definition) is 5. The van der Waals surface area contributed by atoms with Crippen molar-refractivity contribution >= 4 is 16.1 Å². The minimum absolute atomic E-state index is 0.0629. The summed E-state index contributed by atoms with van der Waals surface area (Å²) in [5.41, 5.74) is -5.97. The maximum absolute atomic E-state index is 12.2. The van der Waals surface area contributed by atoms with Crippen LogP contribution < -0.4 is 9.29 Å². The van der Waals surface area contributed by atoms with Crippen molar-refractivity contribution in [3.63, 3.8) is 0 Å². The lowest BCUT2D eigenvalue weighted by atomic mass is 10.1. The average Bonchev–Trinajstić information content (AvgIpc) is 2.21. The maximum atomic E-state index is 12.2. The van der Waals surface area contributed by atoms with Gasteiger partial charge in [-0.2, -0.15) is 21.6 Å². The number of carbonyl (C=O) groups excluding carboxylic acids is 1. The van der Waals surface area contributed by atoms with Gasteiger partial charge in [-0.15, -0.1) is 0 Å². The summed E-state index contributed by atoms with van der Waals surface area (Å²) in [6.07, 6.45) is 0. The minimum Gasteiger partial charge on any atom is -0.545 e. The van der Waals surface area contributed by atoms with Crippen LogP contribution >= 0.6 is 0 Å². The Morgan fingerprint density at radius 2 is 1.63 bits per heavy atom.